The molecule has 0 radical (unpaired) electrons. The van der Waals surface area contributed by atoms with Gasteiger partial charge in [-0.15, -0.1) is 0 Å². The van der Waals surface area contributed by atoms with Crippen molar-refractivity contribution in [3.05, 3.63) is 65.2 Å². The van der Waals surface area contributed by atoms with Crippen molar-refractivity contribution in [1.29, 1.82) is 0 Å². The standard InChI is InChI=1S/C40H58N4O7/c1-40(2,3)42-38(48)34-23-20-28-10-8-9-11-33(28)44(34)25-32-24-35(29-16-14-27(26-45)15-17-29)51-39(50-32)30-18-21-31(22-19-30)41-36(46)12-6-4-5-7-13-37(47)43-49/h14-19,21-22,28,32-35,39,45,49H,4-13,20,23-26H2,1-3H3,(H,41,46)(H,42,48)(H,43,47)/t28-,32+,33-,34-,35-,39-/m1/s1. The number of hydrogen-bond donors (Lipinski definition) is 5. The van der Waals surface area contributed by atoms with Gasteiger partial charge >= 0.3 is 0 Å². The average molecular weight is 707 g/mol. The Morgan fingerprint density at radius 3 is 2.16 bits per heavy atom. The van der Waals surface area contributed by atoms with E-state index in [1.54, 1.807) is 5.48 Å². The third-order valence-electron chi connectivity index (χ3n) is 10.5. The first kappa shape index (κ1) is 38.9. The molecule has 51 heavy (non-hydrogen) atoms. The quantitative estimate of drug-likeness (QED) is 0.0856. The molecule has 2 saturated heterocycles. The number of piperidine rings is 1. The van der Waals surface area contributed by atoms with E-state index < -0.39 is 12.2 Å². The molecule has 2 aromatic rings. The lowest BCUT2D eigenvalue weighted by molar-refractivity contribution is -0.255. The van der Waals surface area contributed by atoms with Crippen LogP contribution in [0.2, 0.25) is 0 Å². The smallest absolute Gasteiger partial charge is 0.243 e. The van der Waals surface area contributed by atoms with Gasteiger partial charge in [-0.1, -0.05) is 62.1 Å². The van der Waals surface area contributed by atoms with Crippen LogP contribution in [0.5, 0.6) is 0 Å². The summed E-state index contributed by atoms with van der Waals surface area (Å²) in [5.41, 5.74) is 4.72. The van der Waals surface area contributed by atoms with Gasteiger partial charge in [-0.05, 0) is 88.5 Å². The van der Waals surface area contributed by atoms with Crippen molar-refractivity contribution in [2.75, 3.05) is 11.9 Å². The van der Waals surface area contributed by atoms with Crippen molar-refractivity contribution in [2.24, 2.45) is 5.92 Å². The molecular formula is C40H58N4O7. The van der Waals surface area contributed by atoms with Crippen LogP contribution in [-0.2, 0) is 30.5 Å². The molecule has 1 saturated carbocycles. The summed E-state index contributed by atoms with van der Waals surface area (Å²) in [7, 11) is 0. The van der Waals surface area contributed by atoms with Crippen LogP contribution in [0.15, 0.2) is 48.5 Å². The van der Waals surface area contributed by atoms with Crippen molar-refractivity contribution in [2.45, 2.75) is 147 Å². The molecule has 3 amide bonds. The molecule has 11 nitrogen and oxygen atoms in total. The number of nitrogens with one attached hydrogen (secondary N) is 3. The van der Waals surface area contributed by atoms with Gasteiger partial charge in [0.2, 0.25) is 17.7 Å². The lowest BCUT2D eigenvalue weighted by Gasteiger charge is -2.50. The number of carbonyl (C=O) groups is 3. The van der Waals surface area contributed by atoms with E-state index in [-0.39, 0.29) is 48.6 Å². The van der Waals surface area contributed by atoms with Gasteiger partial charge in [-0.3, -0.25) is 24.5 Å². The number of aliphatic hydroxyl groups excluding tert-OH is 1. The molecular weight excluding hydrogens is 648 g/mol. The summed E-state index contributed by atoms with van der Waals surface area (Å²) in [5.74, 6) is 0.227. The van der Waals surface area contributed by atoms with Crippen LogP contribution in [0.25, 0.3) is 0 Å². The molecule has 6 atom stereocenters. The Morgan fingerprint density at radius 2 is 1.49 bits per heavy atom. The van der Waals surface area contributed by atoms with Gasteiger partial charge in [-0.2, -0.15) is 0 Å². The van der Waals surface area contributed by atoms with E-state index in [0.29, 0.717) is 49.9 Å². The number of nitrogens with zero attached hydrogens (tertiary/aromatic N) is 1. The fraction of sp³-hybridized carbons (Fsp3) is 0.625. The Kier molecular flexibility index (Phi) is 14.0. The van der Waals surface area contributed by atoms with Crippen molar-refractivity contribution in [1.82, 2.24) is 15.7 Å². The minimum Gasteiger partial charge on any atom is -0.392 e. The van der Waals surface area contributed by atoms with Crippen molar-refractivity contribution in [3.63, 3.8) is 0 Å². The second kappa shape index (κ2) is 18.4. The van der Waals surface area contributed by atoms with E-state index in [1.807, 2.05) is 69.3 Å². The van der Waals surface area contributed by atoms with Crippen molar-refractivity contribution < 1.29 is 34.2 Å². The first-order valence-corrected chi connectivity index (χ1v) is 18.9. The highest BCUT2D eigenvalue weighted by molar-refractivity contribution is 5.90. The van der Waals surface area contributed by atoms with E-state index in [0.717, 1.165) is 48.8 Å². The maximum atomic E-state index is 13.7. The number of benzene rings is 2. The van der Waals surface area contributed by atoms with Crippen molar-refractivity contribution >= 4 is 23.4 Å². The lowest BCUT2D eigenvalue weighted by Crippen LogP contribution is -2.61. The molecule has 1 aliphatic carbocycles. The fourth-order valence-corrected chi connectivity index (χ4v) is 7.92. The first-order chi connectivity index (χ1) is 24.5. The minimum absolute atomic E-state index is 0.0237. The minimum atomic E-state index is -0.641. The zero-order valence-corrected chi connectivity index (χ0v) is 30.6. The molecule has 5 rings (SSSR count). The number of hydrogen-bond acceptors (Lipinski definition) is 8. The van der Waals surface area contributed by atoms with Crippen LogP contribution in [0.1, 0.15) is 133 Å². The second-order valence-electron chi connectivity index (χ2n) is 15.6. The van der Waals surface area contributed by atoms with E-state index in [9.17, 15) is 19.5 Å². The third-order valence-corrected chi connectivity index (χ3v) is 10.5. The van der Waals surface area contributed by atoms with E-state index in [4.69, 9.17) is 14.7 Å². The first-order valence-electron chi connectivity index (χ1n) is 18.9. The van der Waals surface area contributed by atoms with Crippen molar-refractivity contribution in [3.8, 4) is 0 Å². The number of hydroxylamine groups is 1. The van der Waals surface area contributed by atoms with Gasteiger partial charge < -0.3 is 25.2 Å². The highest BCUT2D eigenvalue weighted by Crippen LogP contribution is 2.42. The zero-order chi connectivity index (χ0) is 36.4. The predicted molar refractivity (Wildman–Crippen MR) is 194 cm³/mol. The summed E-state index contributed by atoms with van der Waals surface area (Å²) >= 11 is 0. The molecule has 0 aromatic heterocycles. The van der Waals surface area contributed by atoms with E-state index in [1.165, 1.54) is 19.3 Å². The Balaban J connectivity index is 1.28. The highest BCUT2D eigenvalue weighted by Gasteiger charge is 2.44. The number of unbranched alkanes of at least 4 members (excludes halogenated alkanes) is 3. The number of ether oxygens (including phenoxy) is 2. The maximum Gasteiger partial charge on any atom is 0.243 e. The van der Waals surface area contributed by atoms with Crippen LogP contribution < -0.4 is 16.1 Å². The third kappa shape index (κ3) is 11.3. The van der Waals surface area contributed by atoms with Gasteiger partial charge in [0.1, 0.15) is 0 Å². The maximum absolute atomic E-state index is 13.7. The topological polar surface area (TPSA) is 149 Å². The second-order valence-corrected chi connectivity index (χ2v) is 15.6. The van der Waals surface area contributed by atoms with E-state index in [2.05, 4.69) is 15.5 Å². The molecule has 2 aliphatic heterocycles. The highest BCUT2D eigenvalue weighted by atomic mass is 16.7. The largest absolute Gasteiger partial charge is 0.392 e. The SMILES string of the molecule is CC(C)(C)NC(=O)[C@H]1CC[C@H]2CCCC[C@H]2N1C[C@@H]1C[C@H](c2ccc(CO)cc2)O[C@H](c2ccc(NC(=O)CCCCCCC(=O)NO)cc2)O1. The summed E-state index contributed by atoms with van der Waals surface area (Å²) < 4.78 is 13.4. The Morgan fingerprint density at radius 1 is 0.824 bits per heavy atom. The predicted octanol–water partition coefficient (Wildman–Crippen LogP) is 6.45. The number of likely N-dealkylation sites (tertiary alicyclic amines) is 1. The van der Waals surface area contributed by atoms with Gasteiger partial charge in [0.15, 0.2) is 6.29 Å². The number of aliphatic hydroxyl groups is 1. The fourth-order valence-electron chi connectivity index (χ4n) is 7.92. The molecule has 5 N–H and O–H groups in total. The summed E-state index contributed by atoms with van der Waals surface area (Å²) in [6.45, 7) is 6.71. The molecule has 0 unspecified atom stereocenters. The van der Waals surface area contributed by atoms with Gasteiger partial charge in [0, 0.05) is 48.6 Å². The number of rotatable bonds is 14. The van der Waals surface area contributed by atoms with Crippen LogP contribution in [0.3, 0.4) is 0 Å². The Bertz CT molecular complexity index is 1430. The van der Waals surface area contributed by atoms with Crippen LogP contribution in [0, 0.1) is 5.92 Å². The molecule has 0 bridgehead atoms. The number of carbonyl (C=O) groups excluding carboxylic acids is 3. The summed E-state index contributed by atoms with van der Waals surface area (Å²) in [4.78, 5) is 39.9. The summed E-state index contributed by atoms with van der Waals surface area (Å²) in [6, 6.07) is 15.6. The Hall–Kier alpha value is -3.35. The lowest BCUT2D eigenvalue weighted by atomic mass is 9.75. The van der Waals surface area contributed by atoms with Gasteiger partial charge in [-0.25, -0.2) is 5.48 Å². The molecule has 0 spiro atoms. The van der Waals surface area contributed by atoms with Crippen LogP contribution in [0.4, 0.5) is 5.69 Å². The number of anilines is 1. The molecule has 11 heteroatoms. The monoisotopic (exact) mass is 706 g/mol. The zero-order valence-electron chi connectivity index (χ0n) is 30.6. The molecule has 280 valence electrons. The molecule has 2 heterocycles. The van der Waals surface area contributed by atoms with Gasteiger partial charge in [0.25, 0.3) is 0 Å². The average Bonchev–Trinajstić information content (AvgIpc) is 3.12. The van der Waals surface area contributed by atoms with Crippen LogP contribution in [-0.4, -0.2) is 63.2 Å². The molecule has 2 aromatic carbocycles. The Labute approximate surface area is 302 Å². The summed E-state index contributed by atoms with van der Waals surface area (Å²) in [5, 5.41) is 24.5. The number of amides is 3. The summed E-state index contributed by atoms with van der Waals surface area (Å²) in [6.07, 6.45) is 9.91. The molecule has 3 fully saturated rings. The normalized spacial score (nSPS) is 25.4. The number of fused-ring (bicyclic) bond motifs is 1. The van der Waals surface area contributed by atoms with Gasteiger partial charge in [0.05, 0.1) is 24.9 Å². The molecule has 3 aliphatic rings. The van der Waals surface area contributed by atoms with E-state index >= 15 is 0 Å². The van der Waals surface area contributed by atoms with Crippen LogP contribution >= 0.6 is 0 Å².